The van der Waals surface area contributed by atoms with Gasteiger partial charge < -0.3 is 5.11 Å². The first-order chi connectivity index (χ1) is 10.8. The first-order valence-corrected chi connectivity index (χ1v) is 10.1. The van der Waals surface area contributed by atoms with Crippen molar-refractivity contribution in [1.82, 2.24) is 9.21 Å². The Morgan fingerprint density at radius 3 is 2.61 bits per heavy atom. The molecule has 0 aliphatic carbocycles. The quantitative estimate of drug-likeness (QED) is 0.884. The van der Waals surface area contributed by atoms with E-state index in [1.165, 1.54) is 16.1 Å². The van der Waals surface area contributed by atoms with Crippen molar-refractivity contribution in [1.29, 1.82) is 0 Å². The summed E-state index contributed by atoms with van der Waals surface area (Å²) in [5.74, 6) is 0.184. The van der Waals surface area contributed by atoms with Gasteiger partial charge in [0.1, 0.15) is 0 Å². The van der Waals surface area contributed by atoms with E-state index in [0.717, 1.165) is 31.1 Å². The summed E-state index contributed by atoms with van der Waals surface area (Å²) in [5, 5.41) is 10.6. The van der Waals surface area contributed by atoms with E-state index < -0.39 is 10.0 Å². The molecule has 5 nitrogen and oxygen atoms in total. The maximum Gasteiger partial charge on any atom is 0.211 e. The number of hydrogen-bond donors (Lipinski definition) is 1. The minimum Gasteiger partial charge on any atom is -0.396 e. The van der Waals surface area contributed by atoms with E-state index in [-0.39, 0.29) is 17.9 Å². The number of likely N-dealkylation sites (tertiary alicyclic amines) is 1. The van der Waals surface area contributed by atoms with Gasteiger partial charge in [0.25, 0.3) is 0 Å². The van der Waals surface area contributed by atoms with E-state index in [4.69, 9.17) is 11.6 Å². The molecule has 2 aliphatic rings. The van der Waals surface area contributed by atoms with Crippen LogP contribution in [-0.4, -0.2) is 61.8 Å². The molecule has 1 aromatic carbocycles. The van der Waals surface area contributed by atoms with Gasteiger partial charge in [-0.3, -0.25) is 4.90 Å². The summed E-state index contributed by atoms with van der Waals surface area (Å²) in [6.45, 7) is 3.53. The Morgan fingerprint density at radius 1 is 1.30 bits per heavy atom. The number of piperidine rings is 1. The lowest BCUT2D eigenvalue weighted by Crippen LogP contribution is -2.48. The van der Waals surface area contributed by atoms with E-state index in [9.17, 15) is 13.5 Å². The standard InChI is InChI=1S/C16H23ClN2O3S/c1-23(21,22)19-10-14-9-18(7-6-16(14,11-19)12-20)8-13-2-4-15(17)5-3-13/h2-5,14,20H,6-12H2,1H3/t14-,16+/m1/s1. The van der Waals surface area contributed by atoms with Gasteiger partial charge in [-0.2, -0.15) is 0 Å². The van der Waals surface area contributed by atoms with Crippen LogP contribution in [0.1, 0.15) is 12.0 Å². The molecule has 0 amide bonds. The molecule has 1 aromatic rings. The highest BCUT2D eigenvalue weighted by molar-refractivity contribution is 7.88. The third-order valence-electron chi connectivity index (χ3n) is 5.29. The zero-order valence-electron chi connectivity index (χ0n) is 13.3. The topological polar surface area (TPSA) is 60.9 Å². The van der Waals surface area contributed by atoms with Crippen LogP contribution in [0.3, 0.4) is 0 Å². The second-order valence-electron chi connectivity index (χ2n) is 6.88. The molecule has 2 saturated heterocycles. The number of halogens is 1. The highest BCUT2D eigenvalue weighted by Crippen LogP contribution is 2.43. The van der Waals surface area contributed by atoms with Crippen molar-refractivity contribution < 1.29 is 13.5 Å². The van der Waals surface area contributed by atoms with Gasteiger partial charge in [-0.15, -0.1) is 0 Å². The summed E-state index contributed by atoms with van der Waals surface area (Å²) >= 11 is 5.92. The molecular weight excluding hydrogens is 336 g/mol. The van der Waals surface area contributed by atoms with Crippen molar-refractivity contribution in [2.45, 2.75) is 13.0 Å². The van der Waals surface area contributed by atoms with Crippen LogP contribution in [0.15, 0.2) is 24.3 Å². The Bertz CT molecular complexity index is 664. The third kappa shape index (κ3) is 3.56. The predicted molar refractivity (Wildman–Crippen MR) is 90.8 cm³/mol. The molecule has 128 valence electrons. The molecule has 0 spiro atoms. The number of fused-ring (bicyclic) bond motifs is 1. The first kappa shape index (κ1) is 17.2. The maximum atomic E-state index is 11.9. The Morgan fingerprint density at radius 2 is 2.00 bits per heavy atom. The zero-order valence-corrected chi connectivity index (χ0v) is 14.9. The molecule has 2 heterocycles. The molecule has 2 fully saturated rings. The Labute approximate surface area is 142 Å². The number of hydrogen-bond acceptors (Lipinski definition) is 4. The summed E-state index contributed by atoms with van der Waals surface area (Å²) in [5.41, 5.74) is 0.920. The lowest BCUT2D eigenvalue weighted by Gasteiger charge is -2.42. The summed E-state index contributed by atoms with van der Waals surface area (Å²) in [6, 6.07) is 7.82. The van der Waals surface area contributed by atoms with Crippen molar-refractivity contribution in [3.63, 3.8) is 0 Å². The fourth-order valence-electron chi connectivity index (χ4n) is 3.81. The smallest absolute Gasteiger partial charge is 0.211 e. The van der Waals surface area contributed by atoms with Gasteiger partial charge in [-0.1, -0.05) is 23.7 Å². The molecule has 7 heteroatoms. The van der Waals surface area contributed by atoms with E-state index in [0.29, 0.717) is 13.1 Å². The van der Waals surface area contributed by atoms with Crippen molar-refractivity contribution in [3.8, 4) is 0 Å². The molecule has 1 N–H and O–H groups in total. The predicted octanol–water partition coefficient (Wildman–Crippen LogP) is 1.42. The molecule has 0 radical (unpaired) electrons. The molecular formula is C16H23ClN2O3S. The molecule has 0 bridgehead atoms. The highest BCUT2D eigenvalue weighted by Gasteiger charge is 2.51. The lowest BCUT2D eigenvalue weighted by molar-refractivity contribution is 0.0170. The number of sulfonamides is 1. The number of rotatable bonds is 4. The zero-order chi connectivity index (χ0) is 16.7. The summed E-state index contributed by atoms with van der Waals surface area (Å²) in [6.07, 6.45) is 2.08. The van der Waals surface area contributed by atoms with Crippen LogP contribution < -0.4 is 0 Å². The minimum atomic E-state index is -3.20. The average molecular weight is 359 g/mol. The second-order valence-corrected chi connectivity index (χ2v) is 9.30. The normalized spacial score (nSPS) is 29.6. The van der Waals surface area contributed by atoms with Gasteiger partial charge in [-0.25, -0.2) is 12.7 Å². The molecule has 0 saturated carbocycles. The summed E-state index contributed by atoms with van der Waals surface area (Å²) in [4.78, 5) is 2.34. The average Bonchev–Trinajstić information content (AvgIpc) is 2.89. The number of aliphatic hydroxyl groups excluding tert-OH is 1. The lowest BCUT2D eigenvalue weighted by atomic mass is 9.73. The molecule has 0 unspecified atom stereocenters. The van der Waals surface area contributed by atoms with Crippen LogP contribution in [0.2, 0.25) is 5.02 Å². The highest BCUT2D eigenvalue weighted by atomic mass is 35.5. The van der Waals surface area contributed by atoms with Crippen LogP contribution in [0.25, 0.3) is 0 Å². The van der Waals surface area contributed by atoms with E-state index in [1.54, 1.807) is 0 Å². The van der Waals surface area contributed by atoms with Crippen LogP contribution >= 0.6 is 11.6 Å². The fraction of sp³-hybridized carbons (Fsp3) is 0.625. The fourth-order valence-corrected chi connectivity index (χ4v) is 4.87. The Balaban J connectivity index is 1.70. The Hall–Kier alpha value is -0.660. The third-order valence-corrected chi connectivity index (χ3v) is 6.76. The summed E-state index contributed by atoms with van der Waals surface area (Å²) < 4.78 is 25.2. The van der Waals surface area contributed by atoms with Gasteiger partial charge in [-0.05, 0) is 36.6 Å². The number of nitrogens with zero attached hydrogens (tertiary/aromatic N) is 2. The van der Waals surface area contributed by atoms with Crippen LogP contribution in [-0.2, 0) is 16.6 Å². The second kappa shape index (κ2) is 6.33. The monoisotopic (exact) mass is 358 g/mol. The van der Waals surface area contributed by atoms with Crippen molar-refractivity contribution >= 4 is 21.6 Å². The SMILES string of the molecule is CS(=O)(=O)N1C[C@H]2CN(Cc3ccc(Cl)cc3)CC[C@@]2(CO)C1. The van der Waals surface area contributed by atoms with E-state index in [1.807, 2.05) is 24.3 Å². The van der Waals surface area contributed by atoms with Crippen molar-refractivity contribution in [2.75, 3.05) is 39.0 Å². The molecule has 3 rings (SSSR count). The number of aliphatic hydroxyl groups is 1. The molecule has 2 atom stereocenters. The largest absolute Gasteiger partial charge is 0.396 e. The number of benzene rings is 1. The summed E-state index contributed by atoms with van der Waals surface area (Å²) in [7, 11) is -3.20. The molecule has 2 aliphatic heterocycles. The van der Waals surface area contributed by atoms with Crippen LogP contribution in [0, 0.1) is 11.3 Å². The van der Waals surface area contributed by atoms with Gasteiger partial charge in [0.15, 0.2) is 0 Å². The minimum absolute atomic E-state index is 0.0540. The van der Waals surface area contributed by atoms with Gasteiger partial charge in [0, 0.05) is 36.6 Å². The van der Waals surface area contributed by atoms with Crippen LogP contribution in [0.5, 0.6) is 0 Å². The van der Waals surface area contributed by atoms with Crippen LogP contribution in [0.4, 0.5) is 0 Å². The van der Waals surface area contributed by atoms with E-state index >= 15 is 0 Å². The first-order valence-electron chi connectivity index (χ1n) is 7.85. The van der Waals surface area contributed by atoms with Crippen molar-refractivity contribution in [2.24, 2.45) is 11.3 Å². The van der Waals surface area contributed by atoms with Gasteiger partial charge in [0.2, 0.25) is 10.0 Å². The Kier molecular flexibility index (Phi) is 4.73. The van der Waals surface area contributed by atoms with Gasteiger partial charge in [0.05, 0.1) is 12.9 Å². The van der Waals surface area contributed by atoms with Crippen molar-refractivity contribution in [3.05, 3.63) is 34.9 Å². The van der Waals surface area contributed by atoms with Gasteiger partial charge >= 0.3 is 0 Å². The molecule has 0 aromatic heterocycles. The maximum absolute atomic E-state index is 11.9. The molecule has 23 heavy (non-hydrogen) atoms. The van der Waals surface area contributed by atoms with E-state index in [2.05, 4.69) is 4.90 Å².